The summed E-state index contributed by atoms with van der Waals surface area (Å²) >= 11 is 1.52. The van der Waals surface area contributed by atoms with E-state index in [9.17, 15) is 9.59 Å². The fourth-order valence-electron chi connectivity index (χ4n) is 4.27. The summed E-state index contributed by atoms with van der Waals surface area (Å²) in [6.45, 7) is 3.20. The van der Waals surface area contributed by atoms with E-state index in [-0.39, 0.29) is 11.8 Å². The van der Waals surface area contributed by atoms with Crippen LogP contribution in [0, 0.1) is 5.92 Å². The van der Waals surface area contributed by atoms with Crippen molar-refractivity contribution in [3.05, 3.63) is 70.4 Å². The van der Waals surface area contributed by atoms with Crippen molar-refractivity contribution in [1.82, 2.24) is 10.3 Å². The molecule has 8 nitrogen and oxygen atoms in total. The molecule has 1 atom stereocenters. The molecule has 2 aromatic heterocycles. The molecule has 0 saturated carbocycles. The van der Waals surface area contributed by atoms with Crippen molar-refractivity contribution < 1.29 is 19.1 Å². The van der Waals surface area contributed by atoms with E-state index in [1.54, 1.807) is 6.20 Å². The third kappa shape index (κ3) is 6.75. The topological polar surface area (TPSA) is 116 Å². The fourth-order valence-corrected chi connectivity index (χ4v) is 5.57. The van der Waals surface area contributed by atoms with Crippen LogP contribution >= 0.6 is 11.3 Å². The first-order valence-electron chi connectivity index (χ1n) is 12.2. The number of hydrogen-bond donors (Lipinski definition) is 3. The van der Waals surface area contributed by atoms with Crippen LogP contribution < -0.4 is 21.1 Å². The minimum absolute atomic E-state index is 0.0731. The normalized spacial score (nSPS) is 14.5. The standard InChI is InChI=1S/C27H32N4O4S/c1-2-34-22-9-4-3-7-19(22)11-13-24(32)31-26-25(28)21-12-10-18(15-23(21)36-26)17-35-27(33)30-16-20-8-5-6-14-29-20/h3-9,14,18H,2,10-13,15-17,28H2,1H3,(H,30,33)(H,31,32). The Morgan fingerprint density at radius 3 is 2.83 bits per heavy atom. The lowest BCUT2D eigenvalue weighted by Crippen LogP contribution is -2.28. The molecule has 0 bridgehead atoms. The van der Waals surface area contributed by atoms with E-state index in [1.807, 2.05) is 49.4 Å². The van der Waals surface area contributed by atoms with Crippen molar-refractivity contribution in [2.24, 2.45) is 5.92 Å². The molecule has 0 radical (unpaired) electrons. The van der Waals surface area contributed by atoms with Gasteiger partial charge in [-0.15, -0.1) is 11.3 Å². The number of aromatic nitrogens is 1. The van der Waals surface area contributed by atoms with Gasteiger partial charge in [-0.1, -0.05) is 24.3 Å². The van der Waals surface area contributed by atoms with Gasteiger partial charge in [-0.3, -0.25) is 9.78 Å². The molecule has 2 amide bonds. The quantitative estimate of drug-likeness (QED) is 0.365. The number of aryl methyl sites for hydroxylation is 1. The Kier molecular flexibility index (Phi) is 8.78. The number of amides is 2. The number of ether oxygens (including phenoxy) is 2. The van der Waals surface area contributed by atoms with Crippen LogP contribution in [0.4, 0.5) is 15.5 Å². The average Bonchev–Trinajstić information content (AvgIpc) is 3.20. The number of nitrogens with two attached hydrogens (primary N) is 1. The van der Waals surface area contributed by atoms with Crippen LogP contribution in [0.15, 0.2) is 48.7 Å². The van der Waals surface area contributed by atoms with Crippen molar-refractivity contribution in [1.29, 1.82) is 0 Å². The number of pyridine rings is 1. The van der Waals surface area contributed by atoms with E-state index < -0.39 is 6.09 Å². The summed E-state index contributed by atoms with van der Waals surface area (Å²) in [4.78, 5) is 30.1. The Bertz CT molecular complexity index is 1180. The maximum absolute atomic E-state index is 12.7. The second-order valence-electron chi connectivity index (χ2n) is 8.72. The van der Waals surface area contributed by atoms with E-state index in [1.165, 1.54) is 11.3 Å². The zero-order chi connectivity index (χ0) is 25.3. The van der Waals surface area contributed by atoms with Gasteiger partial charge < -0.3 is 25.8 Å². The number of rotatable bonds is 10. The molecule has 2 heterocycles. The Balaban J connectivity index is 1.25. The zero-order valence-electron chi connectivity index (χ0n) is 20.4. The highest BCUT2D eigenvalue weighted by Crippen LogP contribution is 2.41. The monoisotopic (exact) mass is 508 g/mol. The Labute approximate surface area is 215 Å². The van der Waals surface area contributed by atoms with Gasteiger partial charge in [0.25, 0.3) is 0 Å². The largest absolute Gasteiger partial charge is 0.494 e. The van der Waals surface area contributed by atoms with Gasteiger partial charge in [0.05, 0.1) is 31.1 Å². The molecule has 0 spiro atoms. The summed E-state index contributed by atoms with van der Waals surface area (Å²) in [5.74, 6) is 0.961. The Morgan fingerprint density at radius 1 is 1.19 bits per heavy atom. The zero-order valence-corrected chi connectivity index (χ0v) is 21.2. The van der Waals surface area contributed by atoms with Crippen molar-refractivity contribution in [2.45, 2.75) is 45.6 Å². The van der Waals surface area contributed by atoms with Crippen LogP contribution in [0.1, 0.15) is 41.5 Å². The molecule has 4 N–H and O–H groups in total. The highest BCUT2D eigenvalue weighted by atomic mass is 32.1. The second kappa shape index (κ2) is 12.4. The molecular weight excluding hydrogens is 476 g/mol. The number of benzene rings is 1. The van der Waals surface area contributed by atoms with Gasteiger partial charge in [0.15, 0.2) is 0 Å². The number of nitrogen functional groups attached to an aromatic ring is 1. The second-order valence-corrected chi connectivity index (χ2v) is 9.82. The smallest absolute Gasteiger partial charge is 0.407 e. The fraction of sp³-hybridized carbons (Fsp3) is 0.370. The van der Waals surface area contributed by atoms with Gasteiger partial charge in [-0.2, -0.15) is 0 Å². The van der Waals surface area contributed by atoms with E-state index >= 15 is 0 Å². The molecule has 1 aromatic carbocycles. The first-order chi connectivity index (χ1) is 17.5. The number of thiophene rings is 1. The highest BCUT2D eigenvalue weighted by Gasteiger charge is 2.26. The molecule has 4 rings (SSSR count). The minimum Gasteiger partial charge on any atom is -0.494 e. The first-order valence-corrected chi connectivity index (χ1v) is 13.1. The van der Waals surface area contributed by atoms with Crippen LogP contribution in [0.25, 0.3) is 0 Å². The third-order valence-corrected chi connectivity index (χ3v) is 7.33. The van der Waals surface area contributed by atoms with Crippen LogP contribution in [0.3, 0.4) is 0 Å². The van der Waals surface area contributed by atoms with Crippen molar-refractivity contribution >= 4 is 34.0 Å². The third-order valence-electron chi connectivity index (χ3n) is 6.15. The number of anilines is 2. The summed E-state index contributed by atoms with van der Waals surface area (Å²) in [7, 11) is 0. The molecule has 0 fully saturated rings. The average molecular weight is 509 g/mol. The van der Waals surface area contributed by atoms with Crippen molar-refractivity contribution in [2.75, 3.05) is 24.3 Å². The number of alkyl carbamates (subject to hydrolysis) is 1. The maximum atomic E-state index is 12.7. The van der Waals surface area contributed by atoms with Gasteiger partial charge in [-0.25, -0.2) is 4.79 Å². The maximum Gasteiger partial charge on any atom is 0.407 e. The van der Waals surface area contributed by atoms with Crippen LogP contribution in [0.2, 0.25) is 0 Å². The number of hydrogen-bond acceptors (Lipinski definition) is 7. The van der Waals surface area contributed by atoms with Crippen LogP contribution in [-0.2, 0) is 35.3 Å². The molecule has 0 aliphatic heterocycles. The first kappa shape index (κ1) is 25.5. The number of carbonyl (C=O) groups is 2. The Hall–Kier alpha value is -3.59. The predicted octanol–water partition coefficient (Wildman–Crippen LogP) is 4.73. The summed E-state index contributed by atoms with van der Waals surface area (Å²) in [5.41, 5.74) is 9.93. The molecule has 1 aliphatic carbocycles. The molecule has 9 heteroatoms. The Morgan fingerprint density at radius 2 is 2.03 bits per heavy atom. The van der Waals surface area contributed by atoms with Crippen LogP contribution in [0.5, 0.6) is 5.75 Å². The number of nitrogens with one attached hydrogen (secondary N) is 2. The van der Waals surface area contributed by atoms with Gasteiger partial charge in [0, 0.05) is 17.5 Å². The molecular formula is C27H32N4O4S. The number of carbonyl (C=O) groups excluding carboxylic acids is 2. The van der Waals surface area contributed by atoms with Gasteiger partial charge >= 0.3 is 6.09 Å². The van der Waals surface area contributed by atoms with E-state index in [0.29, 0.717) is 43.3 Å². The highest BCUT2D eigenvalue weighted by molar-refractivity contribution is 7.17. The lowest BCUT2D eigenvalue weighted by Gasteiger charge is -2.22. The van der Waals surface area contributed by atoms with Crippen LogP contribution in [-0.4, -0.2) is 30.2 Å². The number of nitrogens with zero attached hydrogens (tertiary/aromatic N) is 1. The lowest BCUT2D eigenvalue weighted by atomic mass is 9.89. The lowest BCUT2D eigenvalue weighted by molar-refractivity contribution is -0.116. The minimum atomic E-state index is -0.448. The molecule has 36 heavy (non-hydrogen) atoms. The number of para-hydroxylation sites is 1. The molecule has 190 valence electrons. The van der Waals surface area contributed by atoms with Crippen molar-refractivity contribution in [3.8, 4) is 5.75 Å². The van der Waals surface area contributed by atoms with Gasteiger partial charge in [-0.05, 0) is 67.9 Å². The van der Waals surface area contributed by atoms with Gasteiger partial charge in [0.2, 0.25) is 5.91 Å². The molecule has 0 saturated heterocycles. The van der Waals surface area contributed by atoms with E-state index in [2.05, 4.69) is 15.6 Å². The van der Waals surface area contributed by atoms with E-state index in [4.69, 9.17) is 15.2 Å². The number of fused-ring (bicyclic) bond motifs is 1. The van der Waals surface area contributed by atoms with Gasteiger partial charge in [0.1, 0.15) is 10.8 Å². The molecule has 1 aliphatic rings. The summed E-state index contributed by atoms with van der Waals surface area (Å²) in [5, 5.41) is 6.44. The molecule has 3 aromatic rings. The van der Waals surface area contributed by atoms with Crippen molar-refractivity contribution in [3.63, 3.8) is 0 Å². The predicted molar refractivity (Wildman–Crippen MR) is 141 cm³/mol. The summed E-state index contributed by atoms with van der Waals surface area (Å²) in [6.07, 6.45) is 4.63. The summed E-state index contributed by atoms with van der Waals surface area (Å²) in [6, 6.07) is 13.3. The summed E-state index contributed by atoms with van der Waals surface area (Å²) < 4.78 is 11.1. The van der Waals surface area contributed by atoms with E-state index in [0.717, 1.165) is 46.7 Å². The molecule has 1 unspecified atom stereocenters. The SMILES string of the molecule is CCOc1ccccc1CCC(=O)Nc1sc2c(c1N)CCC(COC(=O)NCc1ccccn1)C2.